The van der Waals surface area contributed by atoms with Gasteiger partial charge in [-0.15, -0.1) is 0 Å². The molecule has 6 heteroatoms. The van der Waals surface area contributed by atoms with Crippen molar-refractivity contribution in [3.63, 3.8) is 0 Å². The van der Waals surface area contributed by atoms with E-state index in [0.29, 0.717) is 12.4 Å². The highest BCUT2D eigenvalue weighted by Crippen LogP contribution is 2.27. The van der Waals surface area contributed by atoms with Crippen LogP contribution in [0.15, 0.2) is 48.9 Å². The van der Waals surface area contributed by atoms with E-state index in [1.54, 1.807) is 13.4 Å². The van der Waals surface area contributed by atoms with Gasteiger partial charge in [0.2, 0.25) is 5.88 Å². The molecule has 0 saturated carbocycles. The molecule has 0 atom stereocenters. The van der Waals surface area contributed by atoms with Gasteiger partial charge in [-0.3, -0.25) is 0 Å². The smallest absolute Gasteiger partial charge is 0.221 e. The SMILES string of the molecule is COc1ncnc2c1CN(c1ccnc(Cc3ccccc3)n1)CC2. The van der Waals surface area contributed by atoms with Gasteiger partial charge in [-0.1, -0.05) is 30.3 Å². The summed E-state index contributed by atoms with van der Waals surface area (Å²) in [6, 6.07) is 12.2. The minimum absolute atomic E-state index is 0.647. The number of benzene rings is 1. The molecule has 0 spiro atoms. The molecule has 3 heterocycles. The van der Waals surface area contributed by atoms with Crippen molar-refractivity contribution in [2.75, 3.05) is 18.6 Å². The largest absolute Gasteiger partial charge is 0.481 e. The summed E-state index contributed by atoms with van der Waals surface area (Å²) in [4.78, 5) is 20.0. The quantitative estimate of drug-likeness (QED) is 0.731. The van der Waals surface area contributed by atoms with E-state index in [9.17, 15) is 0 Å². The average Bonchev–Trinajstić information content (AvgIpc) is 2.68. The van der Waals surface area contributed by atoms with Crippen LogP contribution < -0.4 is 9.64 Å². The number of hydrogen-bond acceptors (Lipinski definition) is 6. The topological polar surface area (TPSA) is 64.0 Å². The van der Waals surface area contributed by atoms with Gasteiger partial charge in [0, 0.05) is 25.6 Å². The Bertz CT molecular complexity index is 854. The molecule has 0 amide bonds. The highest BCUT2D eigenvalue weighted by atomic mass is 16.5. The van der Waals surface area contributed by atoms with Gasteiger partial charge in [-0.25, -0.2) is 19.9 Å². The van der Waals surface area contributed by atoms with Crippen molar-refractivity contribution >= 4 is 5.82 Å². The number of methoxy groups -OCH3 is 1. The lowest BCUT2D eigenvalue weighted by Crippen LogP contribution is -2.32. The van der Waals surface area contributed by atoms with Crippen molar-refractivity contribution in [1.29, 1.82) is 0 Å². The molecule has 0 bridgehead atoms. The van der Waals surface area contributed by atoms with E-state index < -0.39 is 0 Å². The molecule has 126 valence electrons. The molecule has 25 heavy (non-hydrogen) atoms. The molecule has 1 aromatic carbocycles. The molecule has 0 saturated heterocycles. The second-order valence-electron chi connectivity index (χ2n) is 5.97. The first-order valence-electron chi connectivity index (χ1n) is 8.31. The van der Waals surface area contributed by atoms with E-state index in [-0.39, 0.29) is 0 Å². The van der Waals surface area contributed by atoms with Gasteiger partial charge < -0.3 is 9.64 Å². The molecule has 1 aliphatic rings. The molecule has 6 nitrogen and oxygen atoms in total. The predicted molar refractivity (Wildman–Crippen MR) is 94.6 cm³/mol. The van der Waals surface area contributed by atoms with Crippen molar-refractivity contribution < 1.29 is 4.74 Å². The zero-order valence-electron chi connectivity index (χ0n) is 14.1. The Hall–Kier alpha value is -3.02. The Labute approximate surface area is 146 Å². The summed E-state index contributed by atoms with van der Waals surface area (Å²) >= 11 is 0. The molecular weight excluding hydrogens is 314 g/mol. The zero-order chi connectivity index (χ0) is 17.1. The first-order chi connectivity index (χ1) is 12.3. The second-order valence-corrected chi connectivity index (χ2v) is 5.97. The van der Waals surface area contributed by atoms with Crippen LogP contribution in [0.4, 0.5) is 5.82 Å². The van der Waals surface area contributed by atoms with E-state index in [2.05, 4.69) is 32.0 Å². The lowest BCUT2D eigenvalue weighted by atomic mass is 10.1. The number of ether oxygens (including phenoxy) is 1. The third-order valence-electron chi connectivity index (χ3n) is 4.38. The molecular formula is C19H19N5O. The summed E-state index contributed by atoms with van der Waals surface area (Å²) < 4.78 is 5.39. The van der Waals surface area contributed by atoms with Crippen molar-refractivity contribution in [2.45, 2.75) is 19.4 Å². The lowest BCUT2D eigenvalue weighted by Gasteiger charge is -2.29. The number of nitrogens with zero attached hydrogens (tertiary/aromatic N) is 5. The Morgan fingerprint density at radius 2 is 1.96 bits per heavy atom. The number of rotatable bonds is 4. The molecule has 0 radical (unpaired) electrons. The molecule has 3 aromatic rings. The Morgan fingerprint density at radius 1 is 1.08 bits per heavy atom. The Balaban J connectivity index is 1.57. The van der Waals surface area contributed by atoms with E-state index in [1.165, 1.54) is 5.56 Å². The first kappa shape index (κ1) is 15.5. The Morgan fingerprint density at radius 3 is 2.80 bits per heavy atom. The fraction of sp³-hybridized carbons (Fsp3) is 0.263. The van der Waals surface area contributed by atoms with Gasteiger partial charge in [0.25, 0.3) is 0 Å². The van der Waals surface area contributed by atoms with Gasteiger partial charge in [-0.05, 0) is 11.6 Å². The summed E-state index contributed by atoms with van der Waals surface area (Å²) in [5, 5.41) is 0. The molecule has 0 fully saturated rings. The maximum atomic E-state index is 5.39. The molecule has 2 aromatic heterocycles. The van der Waals surface area contributed by atoms with Crippen molar-refractivity contribution in [3.05, 3.63) is 71.6 Å². The molecule has 0 aliphatic carbocycles. The van der Waals surface area contributed by atoms with E-state index in [1.807, 2.05) is 30.5 Å². The van der Waals surface area contributed by atoms with Crippen LogP contribution in [-0.2, 0) is 19.4 Å². The molecule has 1 aliphatic heterocycles. The summed E-state index contributed by atoms with van der Waals surface area (Å²) in [5.74, 6) is 2.40. The second kappa shape index (κ2) is 6.84. The maximum absolute atomic E-state index is 5.39. The van der Waals surface area contributed by atoms with E-state index in [0.717, 1.165) is 42.3 Å². The molecule has 4 rings (SSSR count). The minimum Gasteiger partial charge on any atom is -0.481 e. The Kier molecular flexibility index (Phi) is 4.24. The number of fused-ring (bicyclic) bond motifs is 1. The highest BCUT2D eigenvalue weighted by molar-refractivity contribution is 5.44. The zero-order valence-corrected chi connectivity index (χ0v) is 14.1. The van der Waals surface area contributed by atoms with Crippen LogP contribution in [0, 0.1) is 0 Å². The normalized spacial score (nSPS) is 13.4. The van der Waals surface area contributed by atoms with Crippen LogP contribution in [0.2, 0.25) is 0 Å². The third-order valence-corrected chi connectivity index (χ3v) is 4.38. The lowest BCUT2D eigenvalue weighted by molar-refractivity contribution is 0.387. The summed E-state index contributed by atoms with van der Waals surface area (Å²) in [5.41, 5.74) is 3.31. The third kappa shape index (κ3) is 3.28. The minimum atomic E-state index is 0.647. The summed E-state index contributed by atoms with van der Waals surface area (Å²) in [6.07, 6.45) is 4.97. The number of anilines is 1. The van der Waals surface area contributed by atoms with Crippen molar-refractivity contribution in [3.8, 4) is 5.88 Å². The maximum Gasteiger partial charge on any atom is 0.221 e. The van der Waals surface area contributed by atoms with Crippen LogP contribution in [0.1, 0.15) is 22.6 Å². The van der Waals surface area contributed by atoms with Crippen LogP contribution in [0.5, 0.6) is 5.88 Å². The van der Waals surface area contributed by atoms with Gasteiger partial charge in [-0.2, -0.15) is 0 Å². The van der Waals surface area contributed by atoms with Crippen molar-refractivity contribution in [2.24, 2.45) is 0 Å². The number of hydrogen-bond donors (Lipinski definition) is 0. The molecule has 0 N–H and O–H groups in total. The number of aromatic nitrogens is 4. The van der Waals surface area contributed by atoms with Gasteiger partial charge >= 0.3 is 0 Å². The fourth-order valence-electron chi connectivity index (χ4n) is 3.11. The van der Waals surface area contributed by atoms with Crippen LogP contribution in [-0.4, -0.2) is 33.6 Å². The molecule has 0 unspecified atom stereocenters. The first-order valence-corrected chi connectivity index (χ1v) is 8.31. The summed E-state index contributed by atoms with van der Waals surface area (Å²) in [6.45, 7) is 1.57. The highest BCUT2D eigenvalue weighted by Gasteiger charge is 2.22. The van der Waals surface area contributed by atoms with E-state index >= 15 is 0 Å². The fourth-order valence-corrected chi connectivity index (χ4v) is 3.11. The van der Waals surface area contributed by atoms with Gasteiger partial charge in [0.05, 0.1) is 24.9 Å². The summed E-state index contributed by atoms with van der Waals surface area (Å²) in [7, 11) is 1.64. The van der Waals surface area contributed by atoms with Crippen LogP contribution in [0.25, 0.3) is 0 Å². The van der Waals surface area contributed by atoms with Crippen LogP contribution >= 0.6 is 0 Å². The monoisotopic (exact) mass is 333 g/mol. The van der Waals surface area contributed by atoms with Gasteiger partial charge in [0.15, 0.2) is 0 Å². The van der Waals surface area contributed by atoms with E-state index in [4.69, 9.17) is 9.72 Å². The average molecular weight is 333 g/mol. The van der Waals surface area contributed by atoms with Gasteiger partial charge in [0.1, 0.15) is 18.0 Å². The van der Waals surface area contributed by atoms with Crippen LogP contribution in [0.3, 0.4) is 0 Å². The standard InChI is InChI=1S/C19H19N5O/c1-25-19-15-12-24(10-8-16(15)21-13-22-19)18-7-9-20-17(23-18)11-14-5-3-2-4-6-14/h2-7,9,13H,8,10-12H2,1H3. The predicted octanol–water partition coefficient (Wildman–Crippen LogP) is 2.43. The van der Waals surface area contributed by atoms with Crippen molar-refractivity contribution in [1.82, 2.24) is 19.9 Å².